The molecule has 1 aliphatic carbocycles. The Morgan fingerprint density at radius 3 is 3.09 bits per heavy atom. The molecule has 0 aliphatic heterocycles. The minimum absolute atomic E-state index is 0.0533. The molecular formula is C17H18N4OS. The molecule has 0 spiro atoms. The van der Waals surface area contributed by atoms with Gasteiger partial charge in [-0.2, -0.15) is 0 Å². The normalized spacial score (nSPS) is 14.3. The summed E-state index contributed by atoms with van der Waals surface area (Å²) in [6.45, 7) is 0.482. The minimum Gasteiger partial charge on any atom is -0.350 e. The molecule has 1 amide bonds. The quantitative estimate of drug-likeness (QED) is 0.758. The summed E-state index contributed by atoms with van der Waals surface area (Å²) in [6.07, 6.45) is 7.61. The molecule has 1 saturated carbocycles. The third-order valence-corrected chi connectivity index (χ3v) is 4.99. The highest BCUT2D eigenvalue weighted by Gasteiger charge is 2.26. The van der Waals surface area contributed by atoms with Crippen LogP contribution in [0.3, 0.4) is 0 Å². The summed E-state index contributed by atoms with van der Waals surface area (Å²) in [5.74, 6) is 0.717. The van der Waals surface area contributed by atoms with Gasteiger partial charge >= 0.3 is 0 Å². The van der Waals surface area contributed by atoms with Gasteiger partial charge in [0.05, 0.1) is 17.9 Å². The summed E-state index contributed by atoms with van der Waals surface area (Å²) in [5, 5.41) is 5.02. The summed E-state index contributed by atoms with van der Waals surface area (Å²) < 4.78 is 2.14. The van der Waals surface area contributed by atoms with Gasteiger partial charge in [0.25, 0.3) is 0 Å². The first-order valence-electron chi connectivity index (χ1n) is 7.91. The maximum absolute atomic E-state index is 12.0. The van der Waals surface area contributed by atoms with Crippen molar-refractivity contribution in [2.75, 3.05) is 0 Å². The van der Waals surface area contributed by atoms with Crippen molar-refractivity contribution in [2.45, 2.75) is 38.1 Å². The van der Waals surface area contributed by atoms with Gasteiger partial charge in [-0.05, 0) is 31.4 Å². The van der Waals surface area contributed by atoms with Gasteiger partial charge in [-0.25, -0.2) is 4.98 Å². The number of fused-ring (bicyclic) bond motifs is 1. The zero-order valence-corrected chi connectivity index (χ0v) is 13.6. The van der Waals surface area contributed by atoms with Gasteiger partial charge in [0.1, 0.15) is 0 Å². The van der Waals surface area contributed by atoms with E-state index < -0.39 is 0 Å². The number of hydrogen-bond donors (Lipinski definition) is 1. The third kappa shape index (κ3) is 3.27. The van der Waals surface area contributed by atoms with E-state index in [1.54, 1.807) is 17.5 Å². The molecule has 1 aliphatic rings. The maximum Gasteiger partial charge on any atom is 0.220 e. The number of nitrogens with zero attached hydrogens (tertiary/aromatic N) is 3. The predicted molar refractivity (Wildman–Crippen MR) is 89.4 cm³/mol. The van der Waals surface area contributed by atoms with Gasteiger partial charge in [-0.15, -0.1) is 11.3 Å². The lowest BCUT2D eigenvalue weighted by Gasteiger charge is -2.04. The Morgan fingerprint density at radius 2 is 2.30 bits per heavy atom. The van der Waals surface area contributed by atoms with Crippen LogP contribution in [-0.2, 0) is 17.8 Å². The van der Waals surface area contributed by atoms with Crippen molar-refractivity contribution in [3.8, 4) is 0 Å². The van der Waals surface area contributed by atoms with Crippen molar-refractivity contribution in [3.63, 3.8) is 0 Å². The van der Waals surface area contributed by atoms with E-state index in [0.717, 1.165) is 22.8 Å². The number of carbonyl (C=O) groups excluding carboxylic acids is 1. The molecule has 0 radical (unpaired) electrons. The minimum atomic E-state index is 0.0533. The number of nitrogens with one attached hydrogen (secondary N) is 1. The fourth-order valence-corrected chi connectivity index (χ4v) is 3.54. The Bertz CT molecular complexity index is 820. The van der Waals surface area contributed by atoms with Gasteiger partial charge in [0, 0.05) is 35.8 Å². The average molecular weight is 326 g/mol. The number of rotatable bonds is 6. The molecule has 0 unspecified atom stereocenters. The van der Waals surface area contributed by atoms with Crippen LogP contribution in [0.2, 0.25) is 0 Å². The Morgan fingerprint density at radius 1 is 1.39 bits per heavy atom. The number of pyridine rings is 1. The van der Waals surface area contributed by atoms with E-state index in [2.05, 4.69) is 31.3 Å². The van der Waals surface area contributed by atoms with Crippen LogP contribution in [0.5, 0.6) is 0 Å². The Kier molecular flexibility index (Phi) is 3.83. The van der Waals surface area contributed by atoms with E-state index in [-0.39, 0.29) is 5.91 Å². The fraction of sp³-hybridized carbons (Fsp3) is 0.353. The second-order valence-corrected chi connectivity index (χ2v) is 6.75. The first-order valence-corrected chi connectivity index (χ1v) is 8.79. The van der Waals surface area contributed by atoms with Crippen molar-refractivity contribution in [3.05, 3.63) is 53.1 Å². The van der Waals surface area contributed by atoms with Crippen LogP contribution in [-0.4, -0.2) is 20.3 Å². The van der Waals surface area contributed by atoms with Crippen LogP contribution in [0.25, 0.3) is 4.96 Å². The molecule has 1 fully saturated rings. The molecule has 1 N–H and O–H groups in total. The molecule has 0 atom stereocenters. The molecule has 0 saturated heterocycles. The van der Waals surface area contributed by atoms with Crippen molar-refractivity contribution in [1.82, 2.24) is 19.7 Å². The summed E-state index contributed by atoms with van der Waals surface area (Å²) in [6, 6.07) is 5.70. The van der Waals surface area contributed by atoms with Crippen molar-refractivity contribution >= 4 is 22.2 Å². The number of hydrogen-bond acceptors (Lipinski definition) is 4. The standard InChI is InChI=1S/C17H18N4OS/c22-16(19-9-13-3-1-2-8-18-13)7-6-14-11-23-17-20-15(10-21(14)17)12-4-5-12/h1-3,8,10-12H,4-7,9H2,(H,19,22). The summed E-state index contributed by atoms with van der Waals surface area (Å²) >= 11 is 1.65. The molecule has 23 heavy (non-hydrogen) atoms. The Hall–Kier alpha value is -2.21. The van der Waals surface area contributed by atoms with Crippen molar-refractivity contribution in [2.24, 2.45) is 0 Å². The number of thiazole rings is 1. The SMILES string of the molecule is O=C(CCc1csc2nc(C3CC3)cn12)NCc1ccccn1. The van der Waals surface area contributed by atoms with Crippen LogP contribution >= 0.6 is 11.3 Å². The van der Waals surface area contributed by atoms with E-state index in [4.69, 9.17) is 0 Å². The molecule has 4 rings (SSSR count). The van der Waals surface area contributed by atoms with E-state index in [1.165, 1.54) is 18.5 Å². The van der Waals surface area contributed by atoms with Gasteiger partial charge in [0.15, 0.2) is 4.96 Å². The van der Waals surface area contributed by atoms with Gasteiger partial charge in [-0.1, -0.05) is 6.07 Å². The van der Waals surface area contributed by atoms with Gasteiger partial charge in [0.2, 0.25) is 5.91 Å². The molecule has 118 valence electrons. The summed E-state index contributed by atoms with van der Waals surface area (Å²) in [5.41, 5.74) is 3.25. The molecule has 0 aromatic carbocycles. The van der Waals surface area contributed by atoms with Crippen LogP contribution < -0.4 is 5.32 Å². The lowest BCUT2D eigenvalue weighted by atomic mass is 10.2. The highest BCUT2D eigenvalue weighted by atomic mass is 32.1. The molecule has 0 bridgehead atoms. The van der Waals surface area contributed by atoms with Crippen LogP contribution in [0, 0.1) is 0 Å². The smallest absolute Gasteiger partial charge is 0.220 e. The summed E-state index contributed by atoms with van der Waals surface area (Å²) in [4.78, 5) is 21.9. The Balaban J connectivity index is 1.34. The van der Waals surface area contributed by atoms with E-state index in [1.807, 2.05) is 18.2 Å². The lowest BCUT2D eigenvalue weighted by Crippen LogP contribution is -2.23. The monoisotopic (exact) mass is 326 g/mol. The largest absolute Gasteiger partial charge is 0.350 e. The van der Waals surface area contributed by atoms with Crippen LogP contribution in [0.4, 0.5) is 0 Å². The van der Waals surface area contributed by atoms with Gasteiger partial charge in [-0.3, -0.25) is 14.2 Å². The lowest BCUT2D eigenvalue weighted by molar-refractivity contribution is -0.121. The first-order chi connectivity index (χ1) is 11.3. The van der Waals surface area contributed by atoms with Crippen LogP contribution in [0.1, 0.15) is 42.3 Å². The van der Waals surface area contributed by atoms with E-state index >= 15 is 0 Å². The topological polar surface area (TPSA) is 59.3 Å². The second-order valence-electron chi connectivity index (χ2n) is 5.92. The fourth-order valence-electron chi connectivity index (χ4n) is 2.62. The average Bonchev–Trinajstić information content (AvgIpc) is 3.23. The number of carbonyl (C=O) groups is 1. The highest BCUT2D eigenvalue weighted by molar-refractivity contribution is 7.15. The zero-order chi connectivity index (χ0) is 15.6. The number of amides is 1. The Labute approximate surface area is 138 Å². The molecule has 3 heterocycles. The molecular weight excluding hydrogens is 308 g/mol. The van der Waals surface area contributed by atoms with E-state index in [9.17, 15) is 4.79 Å². The van der Waals surface area contributed by atoms with E-state index in [0.29, 0.717) is 18.9 Å². The molecule has 3 aromatic heterocycles. The molecule has 3 aromatic rings. The number of aryl methyl sites for hydroxylation is 1. The molecule has 5 nitrogen and oxygen atoms in total. The zero-order valence-electron chi connectivity index (χ0n) is 12.7. The number of imidazole rings is 1. The second kappa shape index (κ2) is 6.12. The highest BCUT2D eigenvalue weighted by Crippen LogP contribution is 2.40. The number of aromatic nitrogens is 3. The molecule has 6 heteroatoms. The van der Waals surface area contributed by atoms with Crippen molar-refractivity contribution in [1.29, 1.82) is 0 Å². The van der Waals surface area contributed by atoms with Gasteiger partial charge < -0.3 is 5.32 Å². The summed E-state index contributed by atoms with van der Waals surface area (Å²) in [7, 11) is 0. The maximum atomic E-state index is 12.0. The predicted octanol–water partition coefficient (Wildman–Crippen LogP) is 2.92. The third-order valence-electron chi connectivity index (χ3n) is 4.10. The van der Waals surface area contributed by atoms with Crippen molar-refractivity contribution < 1.29 is 4.79 Å². The first kappa shape index (κ1) is 14.4. The van der Waals surface area contributed by atoms with Crippen LogP contribution in [0.15, 0.2) is 36.0 Å².